The van der Waals surface area contributed by atoms with Crippen LogP contribution in [0.1, 0.15) is 228 Å². The van der Waals surface area contributed by atoms with Gasteiger partial charge in [-0.25, -0.2) is 4.79 Å². The van der Waals surface area contributed by atoms with Crippen molar-refractivity contribution in [2.75, 3.05) is 39.6 Å². The smallest absolute Gasteiger partial charge is 0.385 e. The summed E-state index contributed by atoms with van der Waals surface area (Å²) < 4.78 is 58.8. The Morgan fingerprint density at radius 3 is 1.34 bits per heavy atom. The Kier molecular flexibility index (Phi) is 51.8. The van der Waals surface area contributed by atoms with Crippen molar-refractivity contribution in [1.82, 2.24) is 16.0 Å². The first-order valence-corrected chi connectivity index (χ1v) is 40.6. The van der Waals surface area contributed by atoms with Crippen LogP contribution in [0.2, 0.25) is 0 Å². The third-order valence-electron chi connectivity index (χ3n) is 20.6. The third-order valence-corrected chi connectivity index (χ3v) is 20.6. The normalized spacial score (nSPS) is 33.1. The molecule has 28 atom stereocenters. The Bertz CT molecular complexity index is 2530. The van der Waals surface area contributed by atoms with E-state index in [9.17, 15) is 101 Å². The zero-order valence-electron chi connectivity index (χ0n) is 66.8. The molecule has 3 amide bonds. The van der Waals surface area contributed by atoms with Crippen LogP contribution in [0.4, 0.5) is 0 Å². The van der Waals surface area contributed by atoms with E-state index in [1.165, 1.54) is 180 Å². The van der Waals surface area contributed by atoms with Crippen LogP contribution in [-0.2, 0) is 71.4 Å². The highest BCUT2D eigenvalue weighted by Gasteiger charge is 2.63. The zero-order valence-corrected chi connectivity index (χ0v) is 66.8. The molecule has 0 spiro atoms. The van der Waals surface area contributed by atoms with Gasteiger partial charge in [0.2, 0.25) is 17.7 Å². The number of amides is 3. The Morgan fingerprint density at radius 2 is 0.893 bits per heavy atom. The van der Waals surface area contributed by atoms with E-state index in [-0.39, 0.29) is 0 Å². The lowest BCUT2D eigenvalue weighted by atomic mass is 9.88. The molecule has 21 N–H and O–H groups in total. The number of carbonyl (C=O) groups excluding carboxylic acids is 4. The van der Waals surface area contributed by atoms with Crippen molar-refractivity contribution in [3.63, 3.8) is 0 Å². The molecule has 0 aromatic heterocycles. The lowest BCUT2D eigenvalue weighted by molar-refractivity contribution is -0.403. The summed E-state index contributed by atoms with van der Waals surface area (Å²) in [5.74, 6) is -2.11. The molecule has 0 bridgehead atoms. The third kappa shape index (κ3) is 33.6. The Morgan fingerprint density at radius 1 is 0.482 bits per heavy atom. The second-order valence-corrected chi connectivity index (χ2v) is 29.9. The van der Waals surface area contributed by atoms with Crippen LogP contribution < -0.4 is 21.8 Å². The first-order chi connectivity index (χ1) is 53.6. The molecular formula is C77H142N4O31. The van der Waals surface area contributed by atoms with Crippen LogP contribution in [0.5, 0.6) is 0 Å². The molecule has 0 saturated carbocycles. The zero-order chi connectivity index (χ0) is 83.5. The van der Waals surface area contributed by atoms with Crippen molar-refractivity contribution >= 4 is 23.7 Å². The van der Waals surface area contributed by atoms with Crippen LogP contribution in [0.15, 0.2) is 25.3 Å². The fourth-order valence-corrected chi connectivity index (χ4v) is 14.2. The maximum absolute atomic E-state index is 14.0. The number of carbonyl (C=O) groups is 4. The van der Waals surface area contributed by atoms with Gasteiger partial charge < -0.3 is 150 Å². The summed E-state index contributed by atoms with van der Waals surface area (Å²) in [4.78, 5) is 55.6. The fourth-order valence-electron chi connectivity index (χ4n) is 14.2. The van der Waals surface area contributed by atoms with Crippen molar-refractivity contribution in [2.24, 2.45) is 5.90 Å². The Labute approximate surface area is 660 Å². The lowest BCUT2D eigenvalue weighted by Gasteiger charge is -2.53. The highest BCUT2D eigenvalue weighted by Crippen LogP contribution is 2.41. The van der Waals surface area contributed by atoms with Crippen LogP contribution in [0.3, 0.4) is 0 Å². The molecule has 0 aliphatic carbocycles. The van der Waals surface area contributed by atoms with E-state index >= 15 is 0 Å². The molecular weight excluding hydrogens is 1480 g/mol. The number of aliphatic hydroxyl groups excluding tert-OH is 16. The van der Waals surface area contributed by atoms with Gasteiger partial charge in [-0.3, -0.25) is 14.4 Å². The molecule has 5 saturated heterocycles. The maximum atomic E-state index is 14.0. The number of unbranched alkanes of at least 4 members (excludes halogenated alkanes) is 26. The van der Waals surface area contributed by atoms with Gasteiger partial charge in [-0.1, -0.05) is 200 Å². The average Bonchev–Trinajstić information content (AvgIpc) is 0.752. The quantitative estimate of drug-likeness (QED) is 0.0218. The first kappa shape index (κ1) is 102. The summed E-state index contributed by atoms with van der Waals surface area (Å²) in [7, 11) is 0. The van der Waals surface area contributed by atoms with Gasteiger partial charge in [0.25, 0.3) is 5.79 Å². The van der Waals surface area contributed by atoms with Crippen LogP contribution in [0.25, 0.3) is 0 Å². The molecule has 5 heterocycles. The summed E-state index contributed by atoms with van der Waals surface area (Å²) in [6.45, 7) is 11.0. The fraction of sp³-hybridized carbons (Fsp3) is 0.896. The number of nitrogens with two attached hydrogens (primary N) is 1. The summed E-state index contributed by atoms with van der Waals surface area (Å²) in [5.41, 5.74) is 0. The van der Waals surface area contributed by atoms with Crippen molar-refractivity contribution in [2.45, 2.75) is 399 Å². The number of rotatable bonds is 51. The largest absolute Gasteiger partial charge is 0.394 e. The number of hydrogen-bond donors (Lipinski definition) is 20. The Balaban J connectivity index is 0.000000809. The molecule has 0 aromatic carbocycles. The number of hydrogen-bond acceptors (Lipinski definition) is 32. The second kappa shape index (κ2) is 56.6. The number of nitrogens with one attached hydrogen (secondary N) is 3. The summed E-state index contributed by atoms with van der Waals surface area (Å²) in [6.07, 6.45) is -6.87. The van der Waals surface area contributed by atoms with Crippen molar-refractivity contribution in [1.29, 1.82) is 0 Å². The van der Waals surface area contributed by atoms with Gasteiger partial charge in [-0.15, -0.1) is 13.2 Å². The average molecular weight is 1620 g/mol. The molecule has 112 heavy (non-hydrogen) atoms. The van der Waals surface area contributed by atoms with Gasteiger partial charge in [0.15, 0.2) is 25.2 Å². The van der Waals surface area contributed by atoms with Crippen LogP contribution in [-0.4, -0.2) is 316 Å². The van der Waals surface area contributed by atoms with E-state index < -0.39 is 241 Å². The predicted octanol–water partition coefficient (Wildman–Crippen LogP) is 0.118. The molecule has 5 rings (SSSR count). The highest BCUT2D eigenvalue weighted by molar-refractivity contribution is 5.78. The van der Waals surface area contributed by atoms with Crippen molar-refractivity contribution in [3.05, 3.63) is 25.3 Å². The maximum Gasteiger partial charge on any atom is 0.385 e. The molecule has 5 aliphatic rings. The van der Waals surface area contributed by atoms with E-state index in [1.807, 2.05) is 6.08 Å². The van der Waals surface area contributed by atoms with Gasteiger partial charge in [0.05, 0.1) is 63.9 Å². The molecule has 5 aliphatic heterocycles. The van der Waals surface area contributed by atoms with Crippen LogP contribution >= 0.6 is 0 Å². The minimum Gasteiger partial charge on any atom is -0.394 e. The summed E-state index contributed by atoms with van der Waals surface area (Å²) in [5, 5.41) is 181. The van der Waals surface area contributed by atoms with Gasteiger partial charge in [-0.2, -0.15) is 5.90 Å². The van der Waals surface area contributed by atoms with E-state index in [0.717, 1.165) is 26.8 Å². The second-order valence-electron chi connectivity index (χ2n) is 29.9. The highest BCUT2D eigenvalue weighted by atomic mass is 16.8. The Hall–Kier alpha value is -3.72. The monoisotopic (exact) mass is 1620 g/mol. The van der Waals surface area contributed by atoms with Crippen LogP contribution in [0, 0.1) is 0 Å². The molecule has 5 fully saturated rings. The lowest BCUT2D eigenvalue weighted by Crippen LogP contribution is -2.72. The van der Waals surface area contributed by atoms with Crippen molar-refractivity contribution < 1.29 is 153 Å². The van der Waals surface area contributed by atoms with E-state index in [4.69, 9.17) is 53.3 Å². The SMILES string of the molecule is C=CC(O)C(CO[C@@H]1O[C@@H](CO)C(OC2OC(CO)[C@H](OC3OC(CO)[C@H](O)[C@H](OC4OC(CO)[C@H](O)[C@H](O)[C@@H]4O)[C@@H]3NC(C)=O)[C@H](O[C@]3(C(=O)ON)C[C@@H](O)C(NC(C)=O)C(C(O)C(O)CO)O3)[C@@H]2O)C(O)C1O)NC(C)=O.C=CCCCCCCCCCCCCC.CCCCCCCCCCCCCCCCCC. The molecule has 35 heteroatoms. The number of ether oxygens (including phenoxy) is 10. The molecule has 35 nitrogen and oxygen atoms in total. The molecule has 15 unspecified atom stereocenters. The van der Waals surface area contributed by atoms with Gasteiger partial charge >= 0.3 is 5.97 Å². The topological polar surface area (TPSA) is 556 Å². The summed E-state index contributed by atoms with van der Waals surface area (Å²) >= 11 is 0. The van der Waals surface area contributed by atoms with Gasteiger partial charge in [0.1, 0.15) is 116 Å². The van der Waals surface area contributed by atoms with Gasteiger partial charge in [-0.05, 0) is 12.8 Å². The summed E-state index contributed by atoms with van der Waals surface area (Å²) in [6, 6.07) is -4.81. The van der Waals surface area contributed by atoms with E-state index in [2.05, 4.69) is 54.7 Å². The molecule has 656 valence electrons. The van der Waals surface area contributed by atoms with Crippen molar-refractivity contribution in [3.8, 4) is 0 Å². The molecule has 0 aromatic rings. The standard InChI is InChI=1S/C44H74N4O31.C18H38.C15H30/c1-5-17(57)16(46-13(2)54)12-69-40-32(66)30(64)34(22(10-52)72-40)74-42-33(67)38(78-44(43(68)79-45)6-18(58)24(47-14(3)55)37(77-44)26(60)19(59)7-49)35(23(11-53)73-42)75-39-25(48-15(4)56)36(28(62)21(9-51)70-39)76-41-31(65)29(63)27(61)20(8-50)71-41;1-3-5-7-9-11-13-15-17-18-16-14-12-10-8-6-4-2;1-3-5-7-9-11-13-15-14-12-10-8-6-4-2/h5,16-42,49-53,57-67H,1,6-12,45H2,2-4H3,(H,46,54)(H,47,55)(H,48,56);3-18H2,1-2H3;3H,1,4-15H2,2H3/t16?,17?,18-,19?,20?,21?,22+,23?,24?,25+,26?,27+,28+,29+,30?,31+,32?,33+,34?,35+,36-,37?,38-,39?,40-,41?,42?,44+;;/m1../s1. The number of allylic oxidation sites excluding steroid dienone is 1. The minimum atomic E-state index is -3.27. The first-order valence-electron chi connectivity index (χ1n) is 40.6. The molecule has 0 radical (unpaired) electrons. The number of aliphatic hydroxyl groups is 16. The van der Waals surface area contributed by atoms with E-state index in [1.54, 1.807) is 0 Å². The van der Waals surface area contributed by atoms with Gasteiger partial charge in [0, 0.05) is 27.2 Å². The van der Waals surface area contributed by atoms with E-state index in [0.29, 0.717) is 0 Å². The minimum absolute atomic E-state index is 0.577. The predicted molar refractivity (Wildman–Crippen MR) is 404 cm³/mol.